The van der Waals surface area contributed by atoms with Gasteiger partial charge in [-0.15, -0.1) is 0 Å². The third-order valence-corrected chi connectivity index (χ3v) is 7.02. The molecule has 0 aliphatic carbocycles. The van der Waals surface area contributed by atoms with E-state index in [1.54, 1.807) is 0 Å². The van der Waals surface area contributed by atoms with Crippen molar-refractivity contribution in [1.29, 1.82) is 0 Å². The molecule has 0 aliphatic rings. The Morgan fingerprint density at radius 3 is 1.31 bits per heavy atom. The van der Waals surface area contributed by atoms with E-state index in [4.69, 9.17) is 0 Å². The fourth-order valence-electron chi connectivity index (χ4n) is 4.46. The standard InChI is InChI=1S/C29H36/c1-17-10-22(6)26(12-19(17)3)15-28-14-21(5)24(8)29(25(28)9)16-27-13-20(4)18(2)11-23(27)7/h10-14H,15-16H2,1-9H3. The van der Waals surface area contributed by atoms with Crippen molar-refractivity contribution >= 4 is 0 Å². The molecule has 0 atom stereocenters. The van der Waals surface area contributed by atoms with Crippen molar-refractivity contribution in [2.45, 2.75) is 75.2 Å². The van der Waals surface area contributed by atoms with Gasteiger partial charge in [-0.3, -0.25) is 0 Å². The largest absolute Gasteiger partial charge is 0.0558 e. The molecule has 0 amide bonds. The van der Waals surface area contributed by atoms with E-state index in [0.29, 0.717) is 0 Å². The molecule has 0 saturated heterocycles. The zero-order valence-electron chi connectivity index (χ0n) is 19.8. The molecule has 29 heavy (non-hydrogen) atoms. The number of rotatable bonds is 4. The Bertz CT molecular complexity index is 1080. The van der Waals surface area contributed by atoms with Crippen LogP contribution in [0.3, 0.4) is 0 Å². The summed E-state index contributed by atoms with van der Waals surface area (Å²) >= 11 is 0. The molecule has 0 aromatic heterocycles. The van der Waals surface area contributed by atoms with E-state index >= 15 is 0 Å². The molecule has 152 valence electrons. The van der Waals surface area contributed by atoms with Crippen molar-refractivity contribution in [3.05, 3.63) is 103 Å². The predicted molar refractivity (Wildman–Crippen MR) is 128 cm³/mol. The van der Waals surface area contributed by atoms with E-state index in [1.807, 2.05) is 0 Å². The Balaban J connectivity index is 2.06. The van der Waals surface area contributed by atoms with Gasteiger partial charge in [0.25, 0.3) is 0 Å². The van der Waals surface area contributed by atoms with E-state index in [9.17, 15) is 0 Å². The molecule has 0 fully saturated rings. The van der Waals surface area contributed by atoms with E-state index in [0.717, 1.165) is 12.8 Å². The van der Waals surface area contributed by atoms with Crippen LogP contribution in [0.15, 0.2) is 30.3 Å². The van der Waals surface area contributed by atoms with Crippen LogP contribution in [-0.2, 0) is 12.8 Å². The summed E-state index contributed by atoms with van der Waals surface area (Å²) in [6, 6.07) is 11.9. The number of hydrogen-bond donors (Lipinski definition) is 0. The van der Waals surface area contributed by atoms with Crippen molar-refractivity contribution in [2.75, 3.05) is 0 Å². The van der Waals surface area contributed by atoms with E-state index in [2.05, 4.69) is 92.6 Å². The first-order chi connectivity index (χ1) is 13.6. The molecule has 3 rings (SSSR count). The maximum atomic E-state index is 2.41. The van der Waals surface area contributed by atoms with Gasteiger partial charge in [0.05, 0.1) is 0 Å². The van der Waals surface area contributed by atoms with Gasteiger partial charge in [0.2, 0.25) is 0 Å². The van der Waals surface area contributed by atoms with Crippen LogP contribution in [0.25, 0.3) is 0 Å². The van der Waals surface area contributed by atoms with Gasteiger partial charge < -0.3 is 0 Å². The second-order valence-electron chi connectivity index (χ2n) is 9.16. The average molecular weight is 385 g/mol. The molecule has 0 saturated carbocycles. The molecular formula is C29H36. The normalized spacial score (nSPS) is 11.2. The second kappa shape index (κ2) is 8.19. The molecule has 0 bridgehead atoms. The first kappa shape index (κ1) is 21.4. The zero-order valence-corrected chi connectivity index (χ0v) is 19.8. The number of hydrogen-bond acceptors (Lipinski definition) is 0. The van der Waals surface area contributed by atoms with Crippen LogP contribution in [0.4, 0.5) is 0 Å². The van der Waals surface area contributed by atoms with Crippen molar-refractivity contribution in [2.24, 2.45) is 0 Å². The third-order valence-electron chi connectivity index (χ3n) is 7.02. The molecule has 3 aromatic carbocycles. The first-order valence-electron chi connectivity index (χ1n) is 10.8. The minimum absolute atomic E-state index is 1.01. The maximum Gasteiger partial charge on any atom is -0.00176 e. The third kappa shape index (κ3) is 4.32. The molecule has 0 aliphatic heterocycles. The molecule has 0 spiro atoms. The Kier molecular flexibility index (Phi) is 6.03. The summed E-state index contributed by atoms with van der Waals surface area (Å²) < 4.78 is 0. The van der Waals surface area contributed by atoms with Crippen LogP contribution in [-0.4, -0.2) is 0 Å². The second-order valence-corrected chi connectivity index (χ2v) is 9.16. The first-order valence-corrected chi connectivity index (χ1v) is 10.8. The van der Waals surface area contributed by atoms with Crippen LogP contribution >= 0.6 is 0 Å². The maximum absolute atomic E-state index is 2.41. The monoisotopic (exact) mass is 384 g/mol. The minimum Gasteiger partial charge on any atom is -0.0558 e. The van der Waals surface area contributed by atoms with E-state index in [1.165, 1.54) is 72.3 Å². The van der Waals surface area contributed by atoms with E-state index < -0.39 is 0 Å². The Labute approximate surface area is 178 Å². The molecule has 0 nitrogen and oxygen atoms in total. The van der Waals surface area contributed by atoms with Gasteiger partial charge in [-0.05, 0) is 147 Å². The lowest BCUT2D eigenvalue weighted by Gasteiger charge is -2.20. The smallest absolute Gasteiger partial charge is 0.00176 e. The fourth-order valence-corrected chi connectivity index (χ4v) is 4.46. The van der Waals surface area contributed by atoms with Gasteiger partial charge in [0.15, 0.2) is 0 Å². The van der Waals surface area contributed by atoms with Gasteiger partial charge in [-0.25, -0.2) is 0 Å². The Hall–Kier alpha value is -2.34. The summed E-state index contributed by atoms with van der Waals surface area (Å²) in [7, 11) is 0. The highest BCUT2D eigenvalue weighted by Gasteiger charge is 2.14. The lowest BCUT2D eigenvalue weighted by molar-refractivity contribution is 1.03. The highest BCUT2D eigenvalue weighted by molar-refractivity contribution is 5.50. The Morgan fingerprint density at radius 2 is 0.793 bits per heavy atom. The zero-order chi connectivity index (χ0) is 21.5. The molecule has 0 radical (unpaired) electrons. The van der Waals surface area contributed by atoms with Gasteiger partial charge in [-0.1, -0.05) is 30.3 Å². The van der Waals surface area contributed by atoms with Crippen LogP contribution in [0.5, 0.6) is 0 Å². The number of aryl methyl sites for hydroxylation is 7. The molecule has 0 heterocycles. The van der Waals surface area contributed by atoms with Crippen LogP contribution in [0, 0.1) is 62.3 Å². The molecular weight excluding hydrogens is 348 g/mol. The summed E-state index contributed by atoms with van der Waals surface area (Å²) in [6.07, 6.45) is 2.03. The van der Waals surface area contributed by atoms with E-state index in [-0.39, 0.29) is 0 Å². The molecule has 0 unspecified atom stereocenters. The van der Waals surface area contributed by atoms with Crippen LogP contribution < -0.4 is 0 Å². The molecule has 0 heteroatoms. The fraction of sp³-hybridized carbons (Fsp3) is 0.379. The lowest BCUT2D eigenvalue weighted by Crippen LogP contribution is -2.05. The van der Waals surface area contributed by atoms with Crippen molar-refractivity contribution in [3.8, 4) is 0 Å². The summed E-state index contributed by atoms with van der Waals surface area (Å²) in [6.45, 7) is 20.2. The summed E-state index contributed by atoms with van der Waals surface area (Å²) in [5, 5.41) is 0. The van der Waals surface area contributed by atoms with Gasteiger partial charge in [0, 0.05) is 0 Å². The SMILES string of the molecule is Cc1cc(C)c(Cc2cc(C)c(C)c(Cc3cc(C)c(C)cc3C)c2C)cc1C. The average Bonchev–Trinajstić information content (AvgIpc) is 2.65. The highest BCUT2D eigenvalue weighted by atomic mass is 14.2. The highest BCUT2D eigenvalue weighted by Crippen LogP contribution is 2.29. The van der Waals surface area contributed by atoms with Crippen molar-refractivity contribution in [3.63, 3.8) is 0 Å². The van der Waals surface area contributed by atoms with Gasteiger partial charge in [0.1, 0.15) is 0 Å². The summed E-state index contributed by atoms with van der Waals surface area (Å²) in [5.74, 6) is 0. The quantitative estimate of drug-likeness (QED) is 0.433. The summed E-state index contributed by atoms with van der Waals surface area (Å²) in [4.78, 5) is 0. The Morgan fingerprint density at radius 1 is 0.379 bits per heavy atom. The summed E-state index contributed by atoms with van der Waals surface area (Å²) in [5.41, 5.74) is 18.5. The molecule has 0 N–H and O–H groups in total. The number of benzene rings is 3. The topological polar surface area (TPSA) is 0 Å². The minimum atomic E-state index is 1.01. The van der Waals surface area contributed by atoms with Crippen molar-refractivity contribution < 1.29 is 0 Å². The van der Waals surface area contributed by atoms with Crippen molar-refractivity contribution in [1.82, 2.24) is 0 Å². The van der Waals surface area contributed by atoms with Crippen LogP contribution in [0.1, 0.15) is 72.3 Å². The molecule has 3 aromatic rings. The van der Waals surface area contributed by atoms with Crippen LogP contribution in [0.2, 0.25) is 0 Å². The van der Waals surface area contributed by atoms with Gasteiger partial charge in [-0.2, -0.15) is 0 Å². The lowest BCUT2D eigenvalue weighted by atomic mass is 9.85. The van der Waals surface area contributed by atoms with Gasteiger partial charge >= 0.3 is 0 Å². The predicted octanol–water partition coefficient (Wildman–Crippen LogP) is 7.64.